The van der Waals surface area contributed by atoms with Crippen molar-refractivity contribution in [3.05, 3.63) is 102 Å². The third-order valence-corrected chi connectivity index (χ3v) is 7.06. The third-order valence-electron chi connectivity index (χ3n) is 7.06. The van der Waals surface area contributed by atoms with Gasteiger partial charge in [-0.15, -0.1) is 0 Å². The Hall–Kier alpha value is -4.72. The van der Waals surface area contributed by atoms with Crippen LogP contribution in [0.15, 0.2) is 85.3 Å². The van der Waals surface area contributed by atoms with Gasteiger partial charge in [0.25, 0.3) is 11.8 Å². The van der Waals surface area contributed by atoms with E-state index in [1.54, 1.807) is 24.7 Å². The Labute approximate surface area is 227 Å². The van der Waals surface area contributed by atoms with Crippen molar-refractivity contribution in [1.82, 2.24) is 14.9 Å². The van der Waals surface area contributed by atoms with Gasteiger partial charge in [0, 0.05) is 49.0 Å². The van der Waals surface area contributed by atoms with Crippen LogP contribution in [-0.2, 0) is 0 Å². The van der Waals surface area contributed by atoms with Crippen LogP contribution in [0.2, 0.25) is 0 Å². The molecule has 8 nitrogen and oxygen atoms in total. The van der Waals surface area contributed by atoms with E-state index >= 15 is 0 Å². The van der Waals surface area contributed by atoms with Gasteiger partial charge in [-0.1, -0.05) is 30.3 Å². The molecule has 2 aromatic heterocycles. The van der Waals surface area contributed by atoms with Crippen molar-refractivity contribution >= 4 is 17.5 Å². The van der Waals surface area contributed by atoms with Crippen LogP contribution in [0.5, 0.6) is 11.5 Å². The zero-order chi connectivity index (χ0) is 27.2. The average Bonchev–Trinajstić information content (AvgIpc) is 3.01. The summed E-state index contributed by atoms with van der Waals surface area (Å²) < 4.78 is 10.7. The number of nitrogens with zero attached hydrogens (tertiary/aromatic N) is 3. The molecule has 0 spiro atoms. The monoisotopic (exact) mass is 522 g/mol. The zero-order valence-electron chi connectivity index (χ0n) is 22.0. The van der Waals surface area contributed by atoms with Crippen LogP contribution in [0.4, 0.5) is 5.69 Å². The van der Waals surface area contributed by atoms with E-state index in [0.29, 0.717) is 36.1 Å². The van der Waals surface area contributed by atoms with Crippen LogP contribution < -0.4 is 14.8 Å². The van der Waals surface area contributed by atoms with Gasteiger partial charge in [0.1, 0.15) is 0 Å². The molecule has 0 radical (unpaired) electrons. The molecule has 1 saturated heterocycles. The standard InChI is InChI=1S/C31H30N4O4/c1-38-27-13-17-33-28(29(27)39-2)31(37)35-18-14-23(15-19-35)21-9-11-26(12-10-21)34-30(36)24-7-5-22(6-8-24)25-4-3-16-32-20-25/h3-13,16-17,20,23H,14-15,18-19H2,1-2H3,(H,34,36). The zero-order valence-corrected chi connectivity index (χ0v) is 22.0. The maximum atomic E-state index is 13.1. The summed E-state index contributed by atoms with van der Waals surface area (Å²) >= 11 is 0. The highest BCUT2D eigenvalue weighted by atomic mass is 16.5. The number of hydrogen-bond donors (Lipinski definition) is 1. The Morgan fingerprint density at radius 3 is 2.26 bits per heavy atom. The van der Waals surface area contributed by atoms with Crippen LogP contribution in [0.25, 0.3) is 11.1 Å². The van der Waals surface area contributed by atoms with Gasteiger partial charge in [0.15, 0.2) is 17.2 Å². The van der Waals surface area contributed by atoms with E-state index < -0.39 is 0 Å². The number of hydrogen-bond acceptors (Lipinski definition) is 6. The average molecular weight is 523 g/mol. The molecule has 4 aromatic rings. The maximum Gasteiger partial charge on any atom is 0.276 e. The minimum absolute atomic E-state index is 0.157. The van der Waals surface area contributed by atoms with E-state index in [4.69, 9.17) is 9.47 Å². The normalized spacial score (nSPS) is 13.5. The summed E-state index contributed by atoms with van der Waals surface area (Å²) in [7, 11) is 3.05. The number of benzene rings is 2. The lowest BCUT2D eigenvalue weighted by molar-refractivity contribution is 0.0702. The number of amides is 2. The molecule has 0 saturated carbocycles. The lowest BCUT2D eigenvalue weighted by atomic mass is 9.89. The summed E-state index contributed by atoms with van der Waals surface area (Å²) in [4.78, 5) is 36.1. The summed E-state index contributed by atoms with van der Waals surface area (Å²) in [5.41, 5.74) is 4.80. The molecule has 1 aliphatic heterocycles. The van der Waals surface area contributed by atoms with E-state index in [9.17, 15) is 9.59 Å². The Kier molecular flexibility index (Phi) is 7.82. The fourth-order valence-electron chi connectivity index (χ4n) is 4.90. The van der Waals surface area contributed by atoms with Crippen molar-refractivity contribution < 1.29 is 19.1 Å². The van der Waals surface area contributed by atoms with Crippen molar-refractivity contribution in [2.75, 3.05) is 32.6 Å². The molecule has 1 N–H and O–H groups in total. The number of ether oxygens (including phenoxy) is 2. The second kappa shape index (κ2) is 11.8. The van der Waals surface area contributed by atoms with E-state index in [2.05, 4.69) is 27.4 Å². The molecule has 2 amide bonds. The van der Waals surface area contributed by atoms with Gasteiger partial charge in [-0.05, 0) is 65.8 Å². The van der Waals surface area contributed by atoms with E-state index in [1.807, 2.05) is 53.4 Å². The van der Waals surface area contributed by atoms with Crippen LogP contribution >= 0.6 is 0 Å². The van der Waals surface area contributed by atoms with E-state index in [0.717, 1.165) is 29.7 Å². The molecule has 0 unspecified atom stereocenters. The van der Waals surface area contributed by atoms with Gasteiger partial charge in [0.2, 0.25) is 0 Å². The summed E-state index contributed by atoms with van der Waals surface area (Å²) in [5.74, 6) is 0.859. The van der Waals surface area contributed by atoms with Crippen LogP contribution in [-0.4, -0.2) is 54.0 Å². The second-order valence-corrected chi connectivity index (χ2v) is 9.36. The number of piperidine rings is 1. The first-order chi connectivity index (χ1) is 19.1. The van der Waals surface area contributed by atoms with Crippen LogP contribution in [0.3, 0.4) is 0 Å². The Balaban J connectivity index is 1.17. The summed E-state index contributed by atoms with van der Waals surface area (Å²) in [6.45, 7) is 1.25. The van der Waals surface area contributed by atoms with Gasteiger partial charge >= 0.3 is 0 Å². The molecule has 1 fully saturated rings. The van der Waals surface area contributed by atoms with Gasteiger partial charge in [-0.2, -0.15) is 0 Å². The molecule has 0 bridgehead atoms. The summed E-state index contributed by atoms with van der Waals surface area (Å²) in [5, 5.41) is 2.97. The molecule has 0 aliphatic carbocycles. The van der Waals surface area contributed by atoms with Crippen LogP contribution in [0, 0.1) is 0 Å². The largest absolute Gasteiger partial charge is 0.493 e. The molecule has 5 rings (SSSR count). The number of likely N-dealkylation sites (tertiary alicyclic amines) is 1. The first kappa shape index (κ1) is 25.9. The highest BCUT2D eigenvalue weighted by Gasteiger charge is 2.28. The van der Waals surface area contributed by atoms with Gasteiger partial charge in [-0.3, -0.25) is 14.6 Å². The predicted molar refractivity (Wildman–Crippen MR) is 149 cm³/mol. The molecule has 39 heavy (non-hydrogen) atoms. The summed E-state index contributed by atoms with van der Waals surface area (Å²) in [6, 6.07) is 21.0. The fourth-order valence-corrected chi connectivity index (χ4v) is 4.90. The molecular formula is C31H30N4O4. The van der Waals surface area contributed by atoms with Crippen molar-refractivity contribution in [1.29, 1.82) is 0 Å². The fraction of sp³-hybridized carbons (Fsp3) is 0.226. The predicted octanol–water partition coefficient (Wildman–Crippen LogP) is 5.43. The second-order valence-electron chi connectivity index (χ2n) is 9.36. The van der Waals surface area contributed by atoms with Gasteiger partial charge < -0.3 is 19.7 Å². The van der Waals surface area contributed by atoms with Crippen molar-refractivity contribution in [2.45, 2.75) is 18.8 Å². The van der Waals surface area contributed by atoms with E-state index in [1.165, 1.54) is 19.8 Å². The highest BCUT2D eigenvalue weighted by molar-refractivity contribution is 6.04. The van der Waals surface area contributed by atoms with Crippen LogP contribution in [0.1, 0.15) is 45.2 Å². The summed E-state index contributed by atoms with van der Waals surface area (Å²) in [6.07, 6.45) is 6.77. The molecule has 198 valence electrons. The molecule has 2 aromatic carbocycles. The van der Waals surface area contributed by atoms with Gasteiger partial charge in [-0.25, -0.2) is 4.98 Å². The molecule has 0 atom stereocenters. The number of carbonyl (C=O) groups excluding carboxylic acids is 2. The molecule has 8 heteroatoms. The highest BCUT2D eigenvalue weighted by Crippen LogP contribution is 2.33. The van der Waals surface area contributed by atoms with Gasteiger partial charge in [0.05, 0.1) is 14.2 Å². The number of nitrogens with one attached hydrogen (secondary N) is 1. The van der Waals surface area contributed by atoms with Crippen molar-refractivity contribution in [2.24, 2.45) is 0 Å². The number of methoxy groups -OCH3 is 2. The lowest BCUT2D eigenvalue weighted by Crippen LogP contribution is -2.38. The first-order valence-corrected chi connectivity index (χ1v) is 12.9. The Morgan fingerprint density at radius 2 is 1.62 bits per heavy atom. The quantitative estimate of drug-likeness (QED) is 0.348. The molecular weight excluding hydrogens is 492 g/mol. The van der Waals surface area contributed by atoms with E-state index in [-0.39, 0.29) is 17.5 Å². The van der Waals surface area contributed by atoms with Crippen molar-refractivity contribution in [3.8, 4) is 22.6 Å². The first-order valence-electron chi connectivity index (χ1n) is 12.9. The topological polar surface area (TPSA) is 93.7 Å². The maximum absolute atomic E-state index is 13.1. The number of aromatic nitrogens is 2. The van der Waals surface area contributed by atoms with Crippen molar-refractivity contribution in [3.63, 3.8) is 0 Å². The number of anilines is 1. The molecule has 1 aliphatic rings. The minimum Gasteiger partial charge on any atom is -0.493 e. The Morgan fingerprint density at radius 1 is 0.872 bits per heavy atom. The number of rotatable bonds is 7. The molecule has 3 heterocycles. The lowest BCUT2D eigenvalue weighted by Gasteiger charge is -2.32. The Bertz CT molecular complexity index is 1430. The minimum atomic E-state index is -0.158. The number of carbonyl (C=O) groups is 2. The number of pyridine rings is 2. The smallest absolute Gasteiger partial charge is 0.276 e. The SMILES string of the molecule is COc1ccnc(C(=O)N2CCC(c3ccc(NC(=O)c4ccc(-c5cccnc5)cc4)cc3)CC2)c1OC. The third kappa shape index (κ3) is 5.75.